The van der Waals surface area contributed by atoms with E-state index in [1.54, 1.807) is 0 Å². The number of nitrogens with zero attached hydrogens (tertiary/aromatic N) is 1. The second kappa shape index (κ2) is 6.97. The average molecular weight is 243 g/mol. The standard InChI is InChI=1S/C13H25NO3/c1-10(2)8-11(3)14-6-4-12(5-7-14)17-9-13(15)16/h10-12H,4-9H2,1-3H3,(H,15,16). The van der Waals surface area contributed by atoms with Gasteiger partial charge in [0.15, 0.2) is 0 Å². The molecule has 0 saturated carbocycles. The third-order valence-corrected chi connectivity index (χ3v) is 3.35. The Bertz CT molecular complexity index is 235. The van der Waals surface area contributed by atoms with Crippen LogP contribution in [0.25, 0.3) is 0 Å². The van der Waals surface area contributed by atoms with Crippen LogP contribution >= 0.6 is 0 Å². The van der Waals surface area contributed by atoms with Gasteiger partial charge < -0.3 is 14.7 Å². The fourth-order valence-electron chi connectivity index (χ4n) is 2.50. The van der Waals surface area contributed by atoms with Crippen LogP contribution in [0.2, 0.25) is 0 Å². The number of rotatable bonds is 6. The zero-order chi connectivity index (χ0) is 12.8. The lowest BCUT2D eigenvalue weighted by Crippen LogP contribution is -2.42. The molecular formula is C13H25NO3. The summed E-state index contributed by atoms with van der Waals surface area (Å²) < 4.78 is 5.33. The summed E-state index contributed by atoms with van der Waals surface area (Å²) in [6, 6.07) is 0.621. The summed E-state index contributed by atoms with van der Waals surface area (Å²) in [5.74, 6) is -0.147. The fraction of sp³-hybridized carbons (Fsp3) is 0.923. The van der Waals surface area contributed by atoms with Crippen LogP contribution in [0, 0.1) is 5.92 Å². The van der Waals surface area contributed by atoms with E-state index in [9.17, 15) is 4.79 Å². The highest BCUT2D eigenvalue weighted by molar-refractivity contribution is 5.68. The van der Waals surface area contributed by atoms with Crippen LogP contribution in [0.4, 0.5) is 0 Å². The summed E-state index contributed by atoms with van der Waals surface area (Å²) in [5.41, 5.74) is 0. The van der Waals surface area contributed by atoms with E-state index in [1.807, 2.05) is 0 Å². The summed E-state index contributed by atoms with van der Waals surface area (Å²) in [6.45, 7) is 8.67. The molecule has 4 nitrogen and oxygen atoms in total. The molecule has 0 spiro atoms. The molecule has 1 atom stereocenters. The Morgan fingerprint density at radius 3 is 2.41 bits per heavy atom. The first-order valence-electron chi connectivity index (χ1n) is 6.56. The summed E-state index contributed by atoms with van der Waals surface area (Å²) in [7, 11) is 0. The maximum atomic E-state index is 10.4. The fourth-order valence-corrected chi connectivity index (χ4v) is 2.50. The van der Waals surface area contributed by atoms with E-state index in [2.05, 4.69) is 25.7 Å². The number of piperidine rings is 1. The smallest absolute Gasteiger partial charge is 0.329 e. The first-order valence-corrected chi connectivity index (χ1v) is 6.56. The monoisotopic (exact) mass is 243 g/mol. The van der Waals surface area contributed by atoms with Crippen LogP contribution in [0.15, 0.2) is 0 Å². The van der Waals surface area contributed by atoms with Gasteiger partial charge in [-0.2, -0.15) is 0 Å². The van der Waals surface area contributed by atoms with Crippen molar-refractivity contribution in [3.8, 4) is 0 Å². The van der Waals surface area contributed by atoms with Crippen molar-refractivity contribution in [1.82, 2.24) is 4.90 Å². The van der Waals surface area contributed by atoms with Crippen LogP contribution in [-0.2, 0) is 9.53 Å². The minimum absolute atomic E-state index is 0.133. The molecule has 0 radical (unpaired) electrons. The number of carboxylic acids is 1. The zero-order valence-electron chi connectivity index (χ0n) is 11.2. The first-order chi connectivity index (χ1) is 7.99. The second-order valence-corrected chi connectivity index (χ2v) is 5.42. The van der Waals surface area contributed by atoms with E-state index < -0.39 is 5.97 Å². The topological polar surface area (TPSA) is 49.8 Å². The van der Waals surface area contributed by atoms with Crippen LogP contribution in [0.1, 0.15) is 40.0 Å². The van der Waals surface area contributed by atoms with Crippen molar-refractivity contribution in [3.05, 3.63) is 0 Å². The number of likely N-dealkylation sites (tertiary alicyclic amines) is 1. The molecule has 1 heterocycles. The summed E-state index contributed by atoms with van der Waals surface area (Å²) >= 11 is 0. The van der Waals surface area contributed by atoms with Gasteiger partial charge in [0.25, 0.3) is 0 Å². The molecule has 1 unspecified atom stereocenters. The molecule has 0 aliphatic carbocycles. The quantitative estimate of drug-likeness (QED) is 0.775. The van der Waals surface area contributed by atoms with E-state index in [-0.39, 0.29) is 12.7 Å². The van der Waals surface area contributed by atoms with Crippen molar-refractivity contribution >= 4 is 5.97 Å². The minimum Gasteiger partial charge on any atom is -0.480 e. The third-order valence-electron chi connectivity index (χ3n) is 3.35. The van der Waals surface area contributed by atoms with Gasteiger partial charge in [-0.3, -0.25) is 0 Å². The molecule has 1 N–H and O–H groups in total. The largest absolute Gasteiger partial charge is 0.480 e. The minimum atomic E-state index is -0.874. The molecule has 0 aromatic carbocycles. The molecule has 100 valence electrons. The lowest BCUT2D eigenvalue weighted by atomic mass is 10.00. The molecule has 4 heteroatoms. The lowest BCUT2D eigenvalue weighted by molar-refractivity contribution is -0.145. The Morgan fingerprint density at radius 1 is 1.35 bits per heavy atom. The Balaban J connectivity index is 2.23. The normalized spacial score (nSPS) is 20.7. The molecule has 0 bridgehead atoms. The van der Waals surface area contributed by atoms with Crippen LogP contribution in [-0.4, -0.2) is 47.8 Å². The predicted octanol–water partition coefficient (Wildman–Crippen LogP) is 1.99. The van der Waals surface area contributed by atoms with Crippen LogP contribution < -0.4 is 0 Å². The van der Waals surface area contributed by atoms with Crippen LogP contribution in [0.3, 0.4) is 0 Å². The molecule has 1 rings (SSSR count). The molecule has 0 amide bonds. The first kappa shape index (κ1) is 14.5. The Kier molecular flexibility index (Phi) is 5.92. The molecule has 1 saturated heterocycles. The van der Waals surface area contributed by atoms with Crippen molar-refractivity contribution in [1.29, 1.82) is 0 Å². The van der Waals surface area contributed by atoms with Crippen molar-refractivity contribution in [2.24, 2.45) is 5.92 Å². The van der Waals surface area contributed by atoms with Crippen molar-refractivity contribution in [2.45, 2.75) is 52.2 Å². The molecule has 0 aromatic heterocycles. The Morgan fingerprint density at radius 2 is 1.94 bits per heavy atom. The van der Waals surface area contributed by atoms with E-state index in [4.69, 9.17) is 9.84 Å². The second-order valence-electron chi connectivity index (χ2n) is 5.42. The van der Waals surface area contributed by atoms with Gasteiger partial charge in [-0.05, 0) is 32.1 Å². The highest BCUT2D eigenvalue weighted by atomic mass is 16.5. The van der Waals surface area contributed by atoms with Gasteiger partial charge in [0.2, 0.25) is 0 Å². The predicted molar refractivity (Wildman–Crippen MR) is 67.1 cm³/mol. The highest BCUT2D eigenvalue weighted by Crippen LogP contribution is 2.19. The molecule has 1 aliphatic heterocycles. The van der Waals surface area contributed by atoms with Gasteiger partial charge in [0, 0.05) is 19.1 Å². The van der Waals surface area contributed by atoms with Gasteiger partial charge in [0.05, 0.1) is 6.10 Å². The van der Waals surface area contributed by atoms with E-state index >= 15 is 0 Å². The van der Waals surface area contributed by atoms with Gasteiger partial charge in [-0.1, -0.05) is 13.8 Å². The summed E-state index contributed by atoms with van der Waals surface area (Å²) in [4.78, 5) is 12.9. The number of ether oxygens (including phenoxy) is 1. The Hall–Kier alpha value is -0.610. The van der Waals surface area contributed by atoms with Crippen molar-refractivity contribution in [2.75, 3.05) is 19.7 Å². The van der Waals surface area contributed by atoms with Crippen LogP contribution in [0.5, 0.6) is 0 Å². The van der Waals surface area contributed by atoms with E-state index in [0.29, 0.717) is 6.04 Å². The maximum Gasteiger partial charge on any atom is 0.329 e. The molecular weight excluding hydrogens is 218 g/mol. The molecule has 0 aromatic rings. The third kappa shape index (κ3) is 5.50. The maximum absolute atomic E-state index is 10.4. The lowest BCUT2D eigenvalue weighted by Gasteiger charge is -2.36. The van der Waals surface area contributed by atoms with Gasteiger partial charge in [-0.25, -0.2) is 4.79 Å². The highest BCUT2D eigenvalue weighted by Gasteiger charge is 2.23. The van der Waals surface area contributed by atoms with E-state index in [1.165, 1.54) is 6.42 Å². The van der Waals surface area contributed by atoms with Crippen molar-refractivity contribution < 1.29 is 14.6 Å². The number of aliphatic carboxylic acids is 1. The van der Waals surface area contributed by atoms with Gasteiger partial charge in [0.1, 0.15) is 6.61 Å². The average Bonchev–Trinajstić information content (AvgIpc) is 2.26. The van der Waals surface area contributed by atoms with E-state index in [0.717, 1.165) is 31.8 Å². The van der Waals surface area contributed by atoms with Gasteiger partial charge >= 0.3 is 5.97 Å². The molecule has 1 aliphatic rings. The summed E-state index contributed by atoms with van der Waals surface area (Å²) in [6.07, 6.45) is 3.26. The van der Waals surface area contributed by atoms with Crippen molar-refractivity contribution in [3.63, 3.8) is 0 Å². The number of hydrogen-bond donors (Lipinski definition) is 1. The van der Waals surface area contributed by atoms with Gasteiger partial charge in [-0.15, -0.1) is 0 Å². The zero-order valence-corrected chi connectivity index (χ0v) is 11.2. The number of carboxylic acid groups (broad SMARTS) is 1. The number of carbonyl (C=O) groups is 1. The SMILES string of the molecule is CC(C)CC(C)N1CCC(OCC(=O)O)CC1. The Labute approximate surface area is 104 Å². The summed E-state index contributed by atoms with van der Waals surface area (Å²) in [5, 5.41) is 8.55. The molecule has 17 heavy (non-hydrogen) atoms. The molecule has 1 fully saturated rings. The number of hydrogen-bond acceptors (Lipinski definition) is 3.